The molecule has 206 valence electrons. The lowest BCUT2D eigenvalue weighted by Crippen LogP contribution is -2.39. The lowest BCUT2D eigenvalue weighted by Gasteiger charge is -2.30. The van der Waals surface area contributed by atoms with E-state index in [1.807, 2.05) is 0 Å². The van der Waals surface area contributed by atoms with E-state index in [1.165, 1.54) is 36.4 Å². The quantitative estimate of drug-likeness (QED) is 0.0850. The van der Waals surface area contributed by atoms with Crippen LogP contribution in [0, 0.1) is 0 Å². The summed E-state index contributed by atoms with van der Waals surface area (Å²) in [6, 6.07) is 8.15. The molecule has 0 aromatic heterocycles. The number of nitrogens with two attached hydrogens (primary N) is 3. The number of anilines is 3. The van der Waals surface area contributed by atoms with Crippen LogP contribution in [0.2, 0.25) is 45.2 Å². The first kappa shape index (κ1) is 32.2. The van der Waals surface area contributed by atoms with Crippen molar-refractivity contribution < 1.29 is 18.4 Å². The summed E-state index contributed by atoms with van der Waals surface area (Å²) in [5, 5.41) is 0.397. The molecule has 6 N–H and O–H groups in total. The molecule has 0 aliphatic carbocycles. The molecule has 38 heavy (non-hydrogen) atoms. The van der Waals surface area contributed by atoms with Gasteiger partial charge in [0.15, 0.2) is 0 Å². The molecule has 0 radical (unpaired) electrons. The number of nitrogens with zero attached hydrogens (tertiary/aromatic N) is 3. The number of benzene rings is 3. The molecule has 0 fully saturated rings. The summed E-state index contributed by atoms with van der Waals surface area (Å²) < 4.78 is 29.7. The van der Waals surface area contributed by atoms with E-state index < -0.39 is 7.82 Å². The van der Waals surface area contributed by atoms with Crippen molar-refractivity contribution in [3.05, 3.63) is 81.6 Å². The number of hydrogen-bond donors (Lipinski definition) is 3. The zero-order valence-electron chi connectivity index (χ0n) is 18.0. The first-order valence-corrected chi connectivity index (χ1v) is 14.3. The van der Waals surface area contributed by atoms with E-state index in [-0.39, 0.29) is 62.3 Å². The van der Waals surface area contributed by atoms with E-state index >= 15 is 0 Å². The number of hydrazine groups is 3. The second kappa shape index (κ2) is 13.1. The van der Waals surface area contributed by atoms with E-state index in [4.69, 9.17) is 136 Å². The van der Waals surface area contributed by atoms with Crippen LogP contribution in [-0.4, -0.2) is 0 Å². The van der Waals surface area contributed by atoms with Crippen molar-refractivity contribution in [2.75, 3.05) is 15.5 Å². The van der Waals surface area contributed by atoms with Gasteiger partial charge in [0.25, 0.3) is 0 Å². The maximum absolute atomic E-state index is 13.9. The van der Waals surface area contributed by atoms with Crippen molar-refractivity contribution in [2.24, 2.45) is 17.5 Å². The van der Waals surface area contributed by atoms with Crippen molar-refractivity contribution in [1.29, 1.82) is 0 Å². The van der Waals surface area contributed by atoms with Crippen molar-refractivity contribution in [1.82, 2.24) is 0 Å². The molecule has 0 aliphatic rings. The Balaban J connectivity index is 2.06. The molecular weight excluding hydrogens is 714 g/mol. The zero-order chi connectivity index (χ0) is 28.5. The third kappa shape index (κ3) is 7.10. The SMILES string of the molecule is NN(OP(=O)(ON(N)c1c(Cl)ccc(Cl)c1Cl)ON(N)c1c(Cl)ccc(Cl)c1Cl)c1c(Cl)ccc(Cl)c1Cl. The van der Waals surface area contributed by atoms with Crippen LogP contribution in [0.1, 0.15) is 0 Å². The molecule has 0 unspecified atom stereocenters. The smallest absolute Gasteiger partial charge is 0.222 e. The Morgan fingerprint density at radius 3 is 0.921 bits per heavy atom. The van der Waals surface area contributed by atoms with Gasteiger partial charge in [-0.15, -0.1) is 13.9 Å². The molecule has 0 bridgehead atoms. The highest BCUT2D eigenvalue weighted by Crippen LogP contribution is 2.55. The molecule has 0 saturated carbocycles. The Morgan fingerprint density at radius 2 is 0.684 bits per heavy atom. The number of rotatable bonds is 9. The summed E-state index contributed by atoms with van der Waals surface area (Å²) in [6.45, 7) is 0. The summed E-state index contributed by atoms with van der Waals surface area (Å²) in [5.74, 6) is 17.8. The molecule has 20 heteroatoms. The van der Waals surface area contributed by atoms with Crippen LogP contribution >= 0.6 is 112 Å². The Bertz CT molecular complexity index is 1260. The second-order valence-corrected chi connectivity index (χ2v) is 11.7. The second-order valence-electron chi connectivity index (χ2n) is 6.74. The third-order valence-corrected chi connectivity index (χ3v) is 8.71. The fourth-order valence-corrected chi connectivity index (χ4v) is 5.70. The highest BCUT2D eigenvalue weighted by Gasteiger charge is 2.39. The van der Waals surface area contributed by atoms with E-state index in [0.717, 1.165) is 0 Å². The zero-order valence-corrected chi connectivity index (χ0v) is 25.7. The van der Waals surface area contributed by atoms with Crippen LogP contribution in [0.15, 0.2) is 36.4 Å². The molecular formula is C18H12Cl9N6O4P. The van der Waals surface area contributed by atoms with Crippen LogP contribution in [0.4, 0.5) is 17.1 Å². The molecule has 0 amide bonds. The first-order valence-electron chi connectivity index (χ1n) is 9.41. The molecule has 3 aromatic carbocycles. The standard InChI is InChI=1S/C18H12Cl9N6O4P/c19-7-1-4-10(22)16(13(7)25)31(28)35-38(34,36-32(29)17-11(23)5-2-8(20)14(17)26)37-33(30)18-12(24)6-3-9(21)15(18)27/h1-6H,28-30H2. The predicted octanol–water partition coefficient (Wildman–Crippen LogP) is 8.91. The van der Waals surface area contributed by atoms with Crippen molar-refractivity contribution in [3.63, 3.8) is 0 Å². The first-order chi connectivity index (χ1) is 17.7. The molecule has 0 aliphatic heterocycles. The monoisotopic (exact) mass is 722 g/mol. The Morgan fingerprint density at radius 1 is 0.474 bits per heavy atom. The van der Waals surface area contributed by atoms with Crippen LogP contribution in [0.3, 0.4) is 0 Å². The highest BCUT2D eigenvalue weighted by atomic mass is 35.5. The summed E-state index contributed by atoms with van der Waals surface area (Å²) in [5.41, 5.74) is -0.714. The summed E-state index contributed by atoms with van der Waals surface area (Å²) in [4.78, 5) is 0. The van der Waals surface area contributed by atoms with Crippen LogP contribution in [-0.2, 0) is 18.4 Å². The van der Waals surface area contributed by atoms with Gasteiger partial charge in [0.2, 0.25) is 0 Å². The Labute approximate surface area is 260 Å². The molecule has 0 spiro atoms. The Hall–Kier alpha value is -0.340. The van der Waals surface area contributed by atoms with Gasteiger partial charge < -0.3 is 0 Å². The lowest BCUT2D eigenvalue weighted by atomic mass is 10.3. The minimum atomic E-state index is -5.13. The molecule has 3 aromatic rings. The number of halogens is 9. The average Bonchev–Trinajstić information content (AvgIpc) is 2.81. The van der Waals surface area contributed by atoms with Gasteiger partial charge in [0.1, 0.15) is 17.1 Å². The van der Waals surface area contributed by atoms with E-state index in [0.29, 0.717) is 15.5 Å². The molecule has 0 heterocycles. The van der Waals surface area contributed by atoms with Crippen LogP contribution < -0.4 is 33.0 Å². The molecule has 3 rings (SSSR count). The van der Waals surface area contributed by atoms with Gasteiger partial charge in [-0.2, -0.15) is 15.5 Å². The topological polar surface area (TPSA) is 133 Å². The normalized spacial score (nSPS) is 11.6. The summed E-state index contributed by atoms with van der Waals surface area (Å²) >= 11 is 55.1. The summed E-state index contributed by atoms with van der Waals surface area (Å²) in [7, 11) is -5.13. The van der Waals surface area contributed by atoms with E-state index in [1.54, 1.807) is 0 Å². The van der Waals surface area contributed by atoms with Crippen molar-refractivity contribution >= 4 is 129 Å². The van der Waals surface area contributed by atoms with Crippen molar-refractivity contribution in [2.45, 2.75) is 0 Å². The van der Waals surface area contributed by atoms with Gasteiger partial charge in [-0.25, -0.2) is 22.1 Å². The molecule has 0 saturated heterocycles. The van der Waals surface area contributed by atoms with Gasteiger partial charge in [0.05, 0.1) is 45.2 Å². The third-order valence-electron chi connectivity index (χ3n) is 4.28. The van der Waals surface area contributed by atoms with Gasteiger partial charge in [0, 0.05) is 0 Å². The number of phosphoric acid groups is 1. The predicted molar refractivity (Wildman–Crippen MR) is 155 cm³/mol. The van der Waals surface area contributed by atoms with Crippen LogP contribution in [0.25, 0.3) is 0 Å². The van der Waals surface area contributed by atoms with Gasteiger partial charge in [-0.05, 0) is 36.4 Å². The fraction of sp³-hybridized carbons (Fsp3) is 0. The maximum Gasteiger partial charge on any atom is 0.543 e. The maximum atomic E-state index is 13.9. The lowest BCUT2D eigenvalue weighted by molar-refractivity contribution is 0.0861. The Kier molecular flexibility index (Phi) is 11.1. The van der Waals surface area contributed by atoms with Crippen molar-refractivity contribution in [3.8, 4) is 0 Å². The van der Waals surface area contributed by atoms with Gasteiger partial charge in [-0.3, -0.25) is 0 Å². The van der Waals surface area contributed by atoms with E-state index in [9.17, 15) is 4.57 Å². The molecule has 0 atom stereocenters. The summed E-state index contributed by atoms with van der Waals surface area (Å²) in [6.07, 6.45) is 0. The fourth-order valence-electron chi connectivity index (χ4n) is 2.65. The largest absolute Gasteiger partial charge is 0.543 e. The van der Waals surface area contributed by atoms with E-state index in [2.05, 4.69) is 0 Å². The van der Waals surface area contributed by atoms with Crippen LogP contribution in [0.5, 0.6) is 0 Å². The van der Waals surface area contributed by atoms with Gasteiger partial charge in [-0.1, -0.05) is 104 Å². The minimum Gasteiger partial charge on any atom is -0.222 e. The minimum absolute atomic E-state index is 0.0256. The highest BCUT2D eigenvalue weighted by molar-refractivity contribution is 7.48. The molecule has 10 nitrogen and oxygen atoms in total. The van der Waals surface area contributed by atoms with Gasteiger partial charge >= 0.3 is 7.82 Å². The number of hydrogen-bond acceptors (Lipinski definition) is 10. The average molecular weight is 726 g/mol.